The van der Waals surface area contributed by atoms with E-state index < -0.39 is 119 Å². The highest BCUT2D eigenvalue weighted by Crippen LogP contribution is 2.68. The average molecular weight is 657 g/mol. The molecule has 1 unspecified atom stereocenters. The van der Waals surface area contributed by atoms with Crippen LogP contribution in [0, 0.1) is 52.5 Å². The van der Waals surface area contributed by atoms with Crippen LogP contribution in [0.5, 0.6) is 0 Å². The molecule has 1 aromatic heterocycles. The van der Waals surface area contributed by atoms with E-state index in [2.05, 4.69) is 0 Å². The summed E-state index contributed by atoms with van der Waals surface area (Å²) < 4.78 is 243. The van der Waals surface area contributed by atoms with E-state index in [1.165, 1.54) is 0 Å². The number of nitrogens with zero attached hydrogens (tertiary/aromatic N) is 1. The van der Waals surface area contributed by atoms with Crippen LogP contribution in [0.25, 0.3) is 0 Å². The number of carboxylic acid groups (broad SMARTS) is 1. The number of carboxylic acids is 1. The third kappa shape index (κ3) is 4.57. The topological polar surface area (TPSA) is 50.2 Å². The van der Waals surface area contributed by atoms with Crippen molar-refractivity contribution in [2.24, 2.45) is 0 Å². The molecule has 23 heteroatoms. The van der Waals surface area contributed by atoms with Crippen molar-refractivity contribution in [2.45, 2.75) is 33.7 Å². The van der Waals surface area contributed by atoms with E-state index in [9.17, 15) is 70.7 Å². The van der Waals surface area contributed by atoms with Crippen LogP contribution in [-0.4, -0.2) is 39.1 Å². The molecule has 0 aliphatic heterocycles. The Hall–Kier alpha value is -2.72. The van der Waals surface area contributed by atoms with Crippen molar-refractivity contribution < 1.29 is 88.9 Å². The molecular formula is C17HF18NO2S2. The summed E-state index contributed by atoms with van der Waals surface area (Å²) in [5.74, 6) is -42.0. The number of pyridine rings is 1. The maximum Gasteiger partial charge on any atom is 0.419 e. The smallest absolute Gasteiger partial charge is 0.419 e. The zero-order valence-corrected chi connectivity index (χ0v) is 19.1. The standard InChI is InChI=1S/C17HF18NO2S2/c18-2-1(3(19)5(21)6(22)4(2)20)13(27,12(37)38)15(28,29)14(16(30,31)32,17(33,34)35)40-39-11-9(25)7(23)8(24)10(26)36-11/h(H,37,38). The fourth-order valence-corrected chi connectivity index (χ4v) is 5.58. The first-order valence-electron chi connectivity index (χ1n) is 8.85. The molecular weight excluding hydrogens is 656 g/mol. The van der Waals surface area contributed by atoms with Crippen molar-refractivity contribution in [3.8, 4) is 0 Å². The minimum Gasteiger partial charge on any atom is -0.478 e. The lowest BCUT2D eigenvalue weighted by Gasteiger charge is -2.45. The number of rotatable bonds is 7. The highest BCUT2D eigenvalue weighted by atomic mass is 33.1. The van der Waals surface area contributed by atoms with E-state index in [1.54, 1.807) is 0 Å². The van der Waals surface area contributed by atoms with Gasteiger partial charge in [-0.2, -0.15) is 43.9 Å². The van der Waals surface area contributed by atoms with Crippen molar-refractivity contribution in [3.63, 3.8) is 0 Å². The second kappa shape index (κ2) is 10.3. The third-order valence-electron chi connectivity index (χ3n) is 4.72. The van der Waals surface area contributed by atoms with Crippen LogP contribution < -0.4 is 0 Å². The first kappa shape index (κ1) is 33.5. The summed E-state index contributed by atoms with van der Waals surface area (Å²) in [6.07, 6.45) is -15.5. The minimum atomic E-state index is -7.94. The van der Waals surface area contributed by atoms with Crippen LogP contribution in [0.4, 0.5) is 79.0 Å². The summed E-state index contributed by atoms with van der Waals surface area (Å²) in [6.45, 7) is 0. The summed E-state index contributed by atoms with van der Waals surface area (Å²) in [7, 11) is -4.39. The van der Waals surface area contributed by atoms with Crippen LogP contribution >= 0.6 is 21.6 Å². The van der Waals surface area contributed by atoms with Gasteiger partial charge in [0.1, 0.15) is 5.03 Å². The van der Waals surface area contributed by atoms with Gasteiger partial charge in [-0.1, -0.05) is 10.8 Å². The van der Waals surface area contributed by atoms with E-state index in [1.807, 2.05) is 4.98 Å². The Labute approximate surface area is 213 Å². The van der Waals surface area contributed by atoms with Gasteiger partial charge in [-0.25, -0.2) is 44.9 Å². The summed E-state index contributed by atoms with van der Waals surface area (Å²) >= 11 is 0. The molecule has 1 atom stereocenters. The van der Waals surface area contributed by atoms with Gasteiger partial charge >= 0.3 is 29.9 Å². The number of aromatic nitrogens is 1. The van der Waals surface area contributed by atoms with E-state index in [0.717, 1.165) is 0 Å². The molecule has 0 bridgehead atoms. The van der Waals surface area contributed by atoms with E-state index in [4.69, 9.17) is 5.11 Å². The molecule has 0 saturated carbocycles. The highest BCUT2D eigenvalue weighted by Gasteiger charge is 2.90. The molecule has 224 valence electrons. The number of alkyl halides is 9. The lowest BCUT2D eigenvalue weighted by molar-refractivity contribution is -0.337. The van der Waals surface area contributed by atoms with Gasteiger partial charge in [0.05, 0.1) is 5.56 Å². The zero-order valence-electron chi connectivity index (χ0n) is 17.4. The molecule has 0 amide bonds. The molecule has 2 aromatic rings. The Balaban J connectivity index is 3.05. The van der Waals surface area contributed by atoms with Gasteiger partial charge < -0.3 is 5.11 Å². The molecule has 0 spiro atoms. The quantitative estimate of drug-likeness (QED) is 0.110. The first-order valence-corrected chi connectivity index (χ1v) is 11.0. The van der Waals surface area contributed by atoms with Crippen LogP contribution in [0.1, 0.15) is 5.56 Å². The number of hydrogen-bond donors (Lipinski definition) is 1. The van der Waals surface area contributed by atoms with Gasteiger partial charge in [-0.3, -0.25) is 0 Å². The van der Waals surface area contributed by atoms with Crippen LogP contribution in [-0.2, 0) is 10.5 Å². The van der Waals surface area contributed by atoms with Crippen molar-refractivity contribution >= 4 is 27.6 Å². The largest absolute Gasteiger partial charge is 0.478 e. The van der Waals surface area contributed by atoms with Gasteiger partial charge in [-0.15, -0.1) is 0 Å². The maximum absolute atomic E-state index is 15.4. The number of hydrogen-bond acceptors (Lipinski definition) is 4. The predicted octanol–water partition coefficient (Wildman–Crippen LogP) is 7.52. The first-order chi connectivity index (χ1) is 17.8. The molecule has 1 N–H and O–H groups in total. The fourth-order valence-electron chi connectivity index (χ4n) is 2.84. The molecule has 1 aromatic carbocycles. The maximum atomic E-state index is 15.4. The van der Waals surface area contributed by atoms with E-state index in [0.29, 0.717) is 0 Å². The summed E-state index contributed by atoms with van der Waals surface area (Å²) in [5.41, 5.74) is -11.2. The number of aliphatic carboxylic acids is 1. The van der Waals surface area contributed by atoms with Crippen molar-refractivity contribution in [1.29, 1.82) is 0 Å². The van der Waals surface area contributed by atoms with Gasteiger partial charge in [0.25, 0.3) is 10.7 Å². The van der Waals surface area contributed by atoms with Crippen LogP contribution in [0.15, 0.2) is 5.03 Å². The lowest BCUT2D eigenvalue weighted by Crippen LogP contribution is -2.72. The van der Waals surface area contributed by atoms with Crippen molar-refractivity contribution in [2.75, 3.05) is 0 Å². The molecule has 0 aliphatic rings. The van der Waals surface area contributed by atoms with Crippen LogP contribution in [0.2, 0.25) is 0 Å². The Morgan fingerprint density at radius 1 is 0.600 bits per heavy atom. The predicted molar refractivity (Wildman–Crippen MR) is 94.0 cm³/mol. The number of halogens is 18. The molecule has 40 heavy (non-hydrogen) atoms. The van der Waals surface area contributed by atoms with Gasteiger partial charge in [0.15, 0.2) is 29.1 Å². The van der Waals surface area contributed by atoms with Crippen molar-refractivity contribution in [3.05, 3.63) is 58.0 Å². The molecule has 0 radical (unpaired) electrons. The van der Waals surface area contributed by atoms with E-state index >= 15 is 13.2 Å². The molecule has 0 aliphatic carbocycles. The summed E-state index contributed by atoms with van der Waals surface area (Å²) in [4.78, 5) is 13.4. The zero-order chi connectivity index (χ0) is 31.5. The number of benzene rings is 1. The SMILES string of the molecule is O=C(O)C(F)(c1c(F)c(F)c(F)c(F)c1F)C(F)(F)C(SSc1nc(F)c(F)c(F)c1F)(C(F)(F)F)C(F)(F)F. The Bertz CT molecular complexity index is 1320. The molecule has 2 rings (SSSR count). The second-order valence-corrected chi connectivity index (χ2v) is 9.31. The van der Waals surface area contributed by atoms with Gasteiger partial charge in [-0.05, 0) is 10.8 Å². The monoisotopic (exact) mass is 657 g/mol. The molecule has 0 saturated heterocycles. The van der Waals surface area contributed by atoms with Gasteiger partial charge in [0, 0.05) is 0 Å². The number of carbonyl (C=O) groups is 1. The Kier molecular flexibility index (Phi) is 8.61. The minimum absolute atomic E-state index is 1.78. The average Bonchev–Trinajstić information content (AvgIpc) is 2.81. The summed E-state index contributed by atoms with van der Waals surface area (Å²) in [5, 5.41) is 6.45. The highest BCUT2D eigenvalue weighted by molar-refractivity contribution is 8.77. The third-order valence-corrected chi connectivity index (χ3v) is 7.68. The van der Waals surface area contributed by atoms with Gasteiger partial charge in [0.2, 0.25) is 17.5 Å². The van der Waals surface area contributed by atoms with Crippen LogP contribution in [0.3, 0.4) is 0 Å². The molecule has 0 fully saturated rings. The second-order valence-electron chi connectivity index (χ2n) is 6.98. The fraction of sp³-hybridized carbons (Fsp3) is 0.294. The Morgan fingerprint density at radius 3 is 1.35 bits per heavy atom. The molecule has 3 nitrogen and oxygen atoms in total. The van der Waals surface area contributed by atoms with Crippen molar-refractivity contribution in [1.82, 2.24) is 4.98 Å². The Morgan fingerprint density at radius 2 is 0.975 bits per heavy atom. The lowest BCUT2D eigenvalue weighted by atomic mass is 9.79. The summed E-state index contributed by atoms with van der Waals surface area (Å²) in [6, 6.07) is 0. The normalized spacial score (nSPS) is 14.8. The molecule has 1 heterocycles. The van der Waals surface area contributed by atoms with E-state index in [-0.39, 0.29) is 0 Å².